The third-order valence-corrected chi connectivity index (χ3v) is 6.51. The Hall–Kier alpha value is -2.90. The molecule has 0 amide bonds. The smallest absolute Gasteiger partial charge is 0.337 e. The van der Waals surface area contributed by atoms with Crippen LogP contribution in [0.3, 0.4) is 0 Å². The van der Waals surface area contributed by atoms with Gasteiger partial charge in [0.2, 0.25) is 0 Å². The average molecular weight is 431 g/mol. The molecule has 0 aliphatic heterocycles. The average Bonchev–Trinajstić information content (AvgIpc) is 2.73. The summed E-state index contributed by atoms with van der Waals surface area (Å²) in [5, 5.41) is 0.497. The van der Waals surface area contributed by atoms with Gasteiger partial charge in [0.15, 0.2) is 0 Å². The van der Waals surface area contributed by atoms with Crippen LogP contribution in [0, 0.1) is 6.92 Å². The van der Waals surface area contributed by atoms with Crippen molar-refractivity contribution in [2.75, 3.05) is 11.4 Å². The first-order valence-corrected chi connectivity index (χ1v) is 10.5. The summed E-state index contributed by atoms with van der Waals surface area (Å²) in [4.78, 5) is 16.0. The van der Waals surface area contributed by atoms with Gasteiger partial charge in [-0.1, -0.05) is 23.7 Å². The van der Waals surface area contributed by atoms with Gasteiger partial charge in [-0.2, -0.15) is 0 Å². The maximum atomic E-state index is 13.6. The number of carbonyl (C=O) groups excluding carboxylic acids is 1. The number of aryl methyl sites for hydroxylation is 1. The molecule has 0 saturated heterocycles. The summed E-state index contributed by atoms with van der Waals surface area (Å²) >= 11 is 5.98. The normalized spacial score (nSPS) is 11.1. The van der Waals surface area contributed by atoms with E-state index in [1.807, 2.05) is 0 Å². The van der Waals surface area contributed by atoms with Gasteiger partial charge in [-0.3, -0.25) is 9.29 Å². The van der Waals surface area contributed by atoms with E-state index in [1.54, 1.807) is 61.8 Å². The van der Waals surface area contributed by atoms with Crippen molar-refractivity contribution >= 4 is 33.3 Å². The predicted octanol–water partition coefficient (Wildman–Crippen LogP) is 4.23. The predicted molar refractivity (Wildman–Crippen MR) is 112 cm³/mol. The van der Waals surface area contributed by atoms with Crippen molar-refractivity contribution in [1.82, 2.24) is 4.98 Å². The second-order valence-electron chi connectivity index (χ2n) is 6.32. The van der Waals surface area contributed by atoms with E-state index in [9.17, 15) is 13.2 Å². The van der Waals surface area contributed by atoms with Crippen molar-refractivity contribution < 1.29 is 17.9 Å². The molecule has 0 N–H and O–H groups in total. The summed E-state index contributed by atoms with van der Waals surface area (Å²) < 4.78 is 33.2. The van der Waals surface area contributed by atoms with E-state index in [2.05, 4.69) is 4.98 Å². The number of sulfonamides is 1. The van der Waals surface area contributed by atoms with Crippen molar-refractivity contribution in [2.45, 2.75) is 18.4 Å². The van der Waals surface area contributed by atoms with Crippen LogP contribution in [-0.2, 0) is 21.3 Å². The second-order valence-corrected chi connectivity index (χ2v) is 8.59. The first-order chi connectivity index (χ1) is 13.8. The highest BCUT2D eigenvalue weighted by atomic mass is 35.5. The van der Waals surface area contributed by atoms with Crippen molar-refractivity contribution in [3.05, 3.63) is 88.7 Å². The molecule has 0 unspecified atom stereocenters. The van der Waals surface area contributed by atoms with Crippen LogP contribution in [0.5, 0.6) is 0 Å². The zero-order chi connectivity index (χ0) is 21.0. The molecule has 0 atom stereocenters. The number of carbonyl (C=O) groups is 1. The molecule has 0 aliphatic rings. The standard InChI is InChI=1S/C21H19ClN2O4S/c1-15-5-6-17(21(25)28-2)12-20(15)29(26,27)24(14-16-4-3-11-23-13-16)19-9-7-18(22)8-10-19/h3-13H,14H2,1-2H3. The molecule has 2 aromatic carbocycles. The molecule has 1 heterocycles. The number of rotatable bonds is 6. The largest absolute Gasteiger partial charge is 0.465 e. The van der Waals surface area contributed by atoms with Gasteiger partial charge in [-0.25, -0.2) is 13.2 Å². The number of anilines is 1. The Balaban J connectivity index is 2.13. The summed E-state index contributed by atoms with van der Waals surface area (Å²) in [5.74, 6) is -0.605. The monoisotopic (exact) mass is 430 g/mol. The molecule has 6 nitrogen and oxygen atoms in total. The highest BCUT2D eigenvalue weighted by Crippen LogP contribution is 2.29. The minimum absolute atomic E-state index is 0.0271. The lowest BCUT2D eigenvalue weighted by atomic mass is 10.1. The van der Waals surface area contributed by atoms with E-state index < -0.39 is 16.0 Å². The second kappa shape index (κ2) is 8.63. The lowest BCUT2D eigenvalue weighted by Crippen LogP contribution is -2.31. The number of benzene rings is 2. The van der Waals surface area contributed by atoms with Gasteiger partial charge in [-0.05, 0) is 60.5 Å². The van der Waals surface area contributed by atoms with Crippen LogP contribution in [0.1, 0.15) is 21.5 Å². The molecule has 8 heteroatoms. The molecule has 0 saturated carbocycles. The Morgan fingerprint density at radius 3 is 2.48 bits per heavy atom. The maximum Gasteiger partial charge on any atom is 0.337 e. The lowest BCUT2D eigenvalue weighted by Gasteiger charge is -2.25. The van der Waals surface area contributed by atoms with Crippen LogP contribution in [0.25, 0.3) is 0 Å². The number of nitrogens with zero attached hydrogens (tertiary/aromatic N) is 2. The highest BCUT2D eigenvalue weighted by Gasteiger charge is 2.28. The number of halogens is 1. The molecule has 0 radical (unpaired) electrons. The molecule has 150 valence electrons. The molecular weight excluding hydrogens is 412 g/mol. The zero-order valence-electron chi connectivity index (χ0n) is 15.9. The fraction of sp³-hybridized carbons (Fsp3) is 0.143. The van der Waals surface area contributed by atoms with E-state index in [4.69, 9.17) is 16.3 Å². The van der Waals surface area contributed by atoms with Gasteiger partial charge in [-0.15, -0.1) is 0 Å². The highest BCUT2D eigenvalue weighted by molar-refractivity contribution is 7.92. The molecule has 29 heavy (non-hydrogen) atoms. The van der Waals surface area contributed by atoms with Gasteiger partial charge in [0.25, 0.3) is 10.0 Å². The van der Waals surface area contributed by atoms with Crippen molar-refractivity contribution in [1.29, 1.82) is 0 Å². The third kappa shape index (κ3) is 4.58. The quantitative estimate of drug-likeness (QED) is 0.547. The number of esters is 1. The number of aromatic nitrogens is 1. The lowest BCUT2D eigenvalue weighted by molar-refractivity contribution is 0.0600. The molecule has 0 fully saturated rings. The van der Waals surface area contributed by atoms with Gasteiger partial charge in [0.05, 0.1) is 29.8 Å². The van der Waals surface area contributed by atoms with Crippen molar-refractivity contribution in [3.8, 4) is 0 Å². The van der Waals surface area contributed by atoms with Crippen LogP contribution in [0.15, 0.2) is 71.9 Å². The van der Waals surface area contributed by atoms with Crippen molar-refractivity contribution in [3.63, 3.8) is 0 Å². The maximum absolute atomic E-state index is 13.6. The summed E-state index contributed by atoms with van der Waals surface area (Å²) in [6, 6.07) is 14.5. The first-order valence-electron chi connectivity index (χ1n) is 8.69. The number of hydrogen-bond donors (Lipinski definition) is 0. The van der Waals surface area contributed by atoms with E-state index in [-0.39, 0.29) is 17.0 Å². The Bertz CT molecular complexity index is 1120. The first kappa shape index (κ1) is 20.8. The molecule has 3 rings (SSSR count). The van der Waals surface area contributed by atoms with E-state index >= 15 is 0 Å². The van der Waals surface area contributed by atoms with E-state index in [0.29, 0.717) is 21.8 Å². The molecule has 0 bridgehead atoms. The SMILES string of the molecule is COC(=O)c1ccc(C)c(S(=O)(=O)N(Cc2cccnc2)c2ccc(Cl)cc2)c1. The summed E-state index contributed by atoms with van der Waals surface area (Å²) in [6.07, 6.45) is 3.23. The van der Waals surface area contributed by atoms with Crippen molar-refractivity contribution in [2.24, 2.45) is 0 Å². The molecule has 3 aromatic rings. The summed E-state index contributed by atoms with van der Waals surface area (Å²) in [7, 11) is -2.76. The minimum atomic E-state index is -4.01. The number of ether oxygens (including phenoxy) is 1. The molecular formula is C21H19ClN2O4S. The van der Waals surface area contributed by atoms with Crippen LogP contribution in [0.2, 0.25) is 5.02 Å². The molecule has 1 aromatic heterocycles. The summed E-state index contributed by atoms with van der Waals surface area (Å²) in [6.45, 7) is 1.75. The fourth-order valence-corrected chi connectivity index (χ4v) is 4.65. The van der Waals surface area contributed by atoms with Crippen LogP contribution >= 0.6 is 11.6 Å². The summed E-state index contributed by atoms with van der Waals surface area (Å²) in [5.41, 5.74) is 1.84. The van der Waals surface area contributed by atoms with Gasteiger partial charge >= 0.3 is 5.97 Å². The van der Waals surface area contributed by atoms with Crippen LogP contribution in [0.4, 0.5) is 5.69 Å². The van der Waals surface area contributed by atoms with Gasteiger partial charge < -0.3 is 4.74 Å². The van der Waals surface area contributed by atoms with Crippen LogP contribution in [-0.4, -0.2) is 26.5 Å². The third-order valence-electron chi connectivity index (χ3n) is 4.34. The van der Waals surface area contributed by atoms with Gasteiger partial charge in [0, 0.05) is 17.4 Å². The Labute approximate surface area is 174 Å². The fourth-order valence-electron chi connectivity index (χ4n) is 2.82. The molecule has 0 spiro atoms. The Morgan fingerprint density at radius 1 is 1.14 bits per heavy atom. The van der Waals surface area contributed by atoms with Crippen LogP contribution < -0.4 is 4.31 Å². The topological polar surface area (TPSA) is 76.6 Å². The van der Waals surface area contributed by atoms with E-state index in [1.165, 1.54) is 23.5 Å². The number of hydrogen-bond acceptors (Lipinski definition) is 5. The van der Waals surface area contributed by atoms with Gasteiger partial charge in [0.1, 0.15) is 0 Å². The Morgan fingerprint density at radius 2 is 1.86 bits per heavy atom. The number of pyridine rings is 1. The molecule has 0 aliphatic carbocycles. The Kier molecular flexibility index (Phi) is 6.20. The number of methoxy groups -OCH3 is 1. The zero-order valence-corrected chi connectivity index (χ0v) is 17.4. The van der Waals surface area contributed by atoms with E-state index in [0.717, 1.165) is 0 Å². The minimum Gasteiger partial charge on any atom is -0.465 e.